The number of carbonyl (C=O) groups is 1. The number of nitrogens with zero attached hydrogens (tertiary/aromatic N) is 1. The summed E-state index contributed by atoms with van der Waals surface area (Å²) >= 11 is 1.00. The first-order valence-electron chi connectivity index (χ1n) is 7.37. The van der Waals surface area contributed by atoms with E-state index in [9.17, 15) is 18.3 Å². The standard InChI is InChI=1S/C17H21NO4S2/c1-11-10-12(17(2,3)4)6-7-14(11)24(21,22)18(5)13-8-9-23-15(13)16(19)20/h6-10H,1-5H3,(H,19,20). The van der Waals surface area contributed by atoms with E-state index in [4.69, 9.17) is 0 Å². The van der Waals surface area contributed by atoms with Crippen LogP contribution in [0.15, 0.2) is 34.5 Å². The summed E-state index contributed by atoms with van der Waals surface area (Å²) in [6.07, 6.45) is 0. The highest BCUT2D eigenvalue weighted by Gasteiger charge is 2.28. The van der Waals surface area contributed by atoms with E-state index >= 15 is 0 Å². The van der Waals surface area contributed by atoms with Gasteiger partial charge in [-0.1, -0.05) is 32.9 Å². The summed E-state index contributed by atoms with van der Waals surface area (Å²) in [6, 6.07) is 6.77. The molecule has 0 unspecified atom stereocenters. The lowest BCUT2D eigenvalue weighted by Crippen LogP contribution is -2.28. The van der Waals surface area contributed by atoms with Gasteiger partial charge < -0.3 is 5.11 Å². The SMILES string of the molecule is Cc1cc(C(C)(C)C)ccc1S(=O)(=O)N(C)c1ccsc1C(=O)O. The van der Waals surface area contributed by atoms with Gasteiger partial charge in [0.2, 0.25) is 0 Å². The molecule has 0 amide bonds. The van der Waals surface area contributed by atoms with Crippen LogP contribution >= 0.6 is 11.3 Å². The van der Waals surface area contributed by atoms with Crippen LogP contribution in [0.4, 0.5) is 5.69 Å². The Hall–Kier alpha value is -1.86. The van der Waals surface area contributed by atoms with E-state index in [1.165, 1.54) is 13.1 Å². The third-order valence-corrected chi connectivity index (χ3v) is 6.68. The van der Waals surface area contributed by atoms with Crippen molar-refractivity contribution in [2.45, 2.75) is 38.0 Å². The van der Waals surface area contributed by atoms with Crippen LogP contribution in [0, 0.1) is 6.92 Å². The van der Waals surface area contributed by atoms with Gasteiger partial charge in [0.25, 0.3) is 10.0 Å². The Morgan fingerprint density at radius 1 is 1.21 bits per heavy atom. The molecule has 0 aliphatic carbocycles. The van der Waals surface area contributed by atoms with E-state index in [-0.39, 0.29) is 20.9 Å². The summed E-state index contributed by atoms with van der Waals surface area (Å²) in [4.78, 5) is 11.4. The fraction of sp³-hybridized carbons (Fsp3) is 0.353. The zero-order valence-electron chi connectivity index (χ0n) is 14.3. The molecule has 1 aromatic heterocycles. The van der Waals surface area contributed by atoms with Gasteiger partial charge in [-0.15, -0.1) is 11.3 Å². The smallest absolute Gasteiger partial charge is 0.348 e. The van der Waals surface area contributed by atoms with Gasteiger partial charge in [0.1, 0.15) is 4.88 Å². The summed E-state index contributed by atoms with van der Waals surface area (Å²) < 4.78 is 26.9. The number of aryl methyl sites for hydroxylation is 1. The molecule has 0 aliphatic rings. The third kappa shape index (κ3) is 3.32. The van der Waals surface area contributed by atoms with Crippen molar-refractivity contribution in [1.29, 1.82) is 0 Å². The van der Waals surface area contributed by atoms with E-state index in [1.807, 2.05) is 6.07 Å². The van der Waals surface area contributed by atoms with Crippen LogP contribution in [0.1, 0.15) is 41.6 Å². The molecule has 0 saturated heterocycles. The van der Waals surface area contributed by atoms with Crippen molar-refractivity contribution in [3.05, 3.63) is 45.6 Å². The number of thiophene rings is 1. The average molecular weight is 367 g/mol. The molecule has 1 heterocycles. The van der Waals surface area contributed by atoms with Crippen molar-refractivity contribution in [3.63, 3.8) is 0 Å². The number of carboxylic acid groups (broad SMARTS) is 1. The maximum absolute atomic E-state index is 12.9. The summed E-state index contributed by atoms with van der Waals surface area (Å²) in [5.41, 5.74) is 1.78. The first kappa shape index (κ1) is 18.5. The van der Waals surface area contributed by atoms with Gasteiger partial charge in [-0.25, -0.2) is 13.2 Å². The predicted molar refractivity (Wildman–Crippen MR) is 96.7 cm³/mol. The molecule has 0 bridgehead atoms. The molecule has 2 aromatic rings. The topological polar surface area (TPSA) is 74.7 Å². The molecule has 130 valence electrons. The monoisotopic (exact) mass is 367 g/mol. The van der Waals surface area contributed by atoms with Gasteiger partial charge in [0.05, 0.1) is 10.6 Å². The maximum Gasteiger partial charge on any atom is 0.348 e. The van der Waals surface area contributed by atoms with Gasteiger partial charge in [-0.3, -0.25) is 4.31 Å². The Bertz CT molecular complexity index is 876. The Morgan fingerprint density at radius 3 is 2.33 bits per heavy atom. The quantitative estimate of drug-likeness (QED) is 0.890. The minimum atomic E-state index is -3.83. The fourth-order valence-corrected chi connectivity index (χ4v) is 4.62. The van der Waals surface area contributed by atoms with E-state index in [1.54, 1.807) is 24.4 Å². The molecule has 5 nitrogen and oxygen atoms in total. The zero-order valence-corrected chi connectivity index (χ0v) is 16.0. The Labute approximate surface area is 146 Å². The number of sulfonamides is 1. The van der Waals surface area contributed by atoms with Crippen LogP contribution in [-0.4, -0.2) is 26.5 Å². The number of carboxylic acids is 1. The van der Waals surface area contributed by atoms with Gasteiger partial charge >= 0.3 is 5.97 Å². The van der Waals surface area contributed by atoms with Crippen LogP contribution in [0.5, 0.6) is 0 Å². The summed E-state index contributed by atoms with van der Waals surface area (Å²) in [5.74, 6) is -1.14. The van der Waals surface area contributed by atoms with Gasteiger partial charge in [0.15, 0.2) is 0 Å². The van der Waals surface area contributed by atoms with E-state index in [0.717, 1.165) is 21.2 Å². The molecule has 0 radical (unpaired) electrons. The summed E-state index contributed by atoms with van der Waals surface area (Å²) in [5, 5.41) is 10.8. The largest absolute Gasteiger partial charge is 0.477 e. The molecular weight excluding hydrogens is 346 g/mol. The van der Waals surface area contributed by atoms with Crippen LogP contribution < -0.4 is 4.31 Å². The lowest BCUT2D eigenvalue weighted by Gasteiger charge is -2.23. The number of benzene rings is 1. The highest BCUT2D eigenvalue weighted by Crippen LogP contribution is 2.32. The van der Waals surface area contributed by atoms with Crippen LogP contribution in [0.2, 0.25) is 0 Å². The van der Waals surface area contributed by atoms with Crippen LogP contribution in [0.25, 0.3) is 0 Å². The molecule has 2 rings (SSSR count). The summed E-state index contributed by atoms with van der Waals surface area (Å²) in [6.45, 7) is 7.94. The minimum Gasteiger partial charge on any atom is -0.477 e. The van der Waals surface area contributed by atoms with Crippen molar-refractivity contribution < 1.29 is 18.3 Å². The first-order chi connectivity index (χ1) is 11.0. The van der Waals surface area contributed by atoms with E-state index in [0.29, 0.717) is 5.56 Å². The van der Waals surface area contributed by atoms with E-state index in [2.05, 4.69) is 20.8 Å². The highest BCUT2D eigenvalue weighted by atomic mass is 32.2. The zero-order chi connectivity index (χ0) is 18.3. The van der Waals surface area contributed by atoms with Crippen LogP contribution in [0.3, 0.4) is 0 Å². The fourth-order valence-electron chi connectivity index (χ4n) is 2.39. The second kappa shape index (κ2) is 6.22. The minimum absolute atomic E-state index is 0.00467. The van der Waals surface area contributed by atoms with Crippen molar-refractivity contribution in [1.82, 2.24) is 0 Å². The second-order valence-corrected chi connectivity index (χ2v) is 9.50. The van der Waals surface area contributed by atoms with Crippen molar-refractivity contribution in [2.75, 3.05) is 11.4 Å². The van der Waals surface area contributed by atoms with Crippen molar-refractivity contribution >= 4 is 33.0 Å². The lowest BCUT2D eigenvalue weighted by atomic mass is 9.86. The van der Waals surface area contributed by atoms with E-state index < -0.39 is 16.0 Å². The summed E-state index contributed by atoms with van der Waals surface area (Å²) in [7, 11) is -2.46. The Balaban J connectivity index is 2.51. The Morgan fingerprint density at radius 2 is 1.83 bits per heavy atom. The average Bonchev–Trinajstić information content (AvgIpc) is 2.94. The lowest BCUT2D eigenvalue weighted by molar-refractivity contribution is 0.0703. The molecule has 0 fully saturated rings. The maximum atomic E-state index is 12.9. The van der Waals surface area contributed by atoms with Gasteiger partial charge in [0, 0.05) is 7.05 Å². The number of rotatable bonds is 4. The van der Waals surface area contributed by atoms with Gasteiger partial charge in [-0.05, 0) is 41.0 Å². The molecular formula is C17H21NO4S2. The third-order valence-electron chi connectivity index (χ3n) is 3.86. The van der Waals surface area contributed by atoms with Gasteiger partial charge in [-0.2, -0.15) is 0 Å². The predicted octanol–water partition coefficient (Wildman–Crippen LogP) is 3.88. The molecule has 7 heteroatoms. The number of aromatic carboxylic acids is 1. The first-order valence-corrected chi connectivity index (χ1v) is 9.69. The number of hydrogen-bond acceptors (Lipinski definition) is 4. The molecule has 1 aromatic carbocycles. The normalized spacial score (nSPS) is 12.2. The number of hydrogen-bond donors (Lipinski definition) is 1. The van der Waals surface area contributed by atoms with Crippen molar-refractivity contribution in [3.8, 4) is 0 Å². The molecule has 24 heavy (non-hydrogen) atoms. The van der Waals surface area contributed by atoms with Crippen molar-refractivity contribution in [2.24, 2.45) is 0 Å². The number of anilines is 1. The van der Waals surface area contributed by atoms with Crippen LogP contribution in [-0.2, 0) is 15.4 Å². The molecule has 0 aliphatic heterocycles. The highest BCUT2D eigenvalue weighted by molar-refractivity contribution is 7.92. The Kier molecular flexibility index (Phi) is 4.79. The molecule has 0 spiro atoms. The second-order valence-electron chi connectivity index (χ2n) is 6.64. The molecule has 0 atom stereocenters. The molecule has 0 saturated carbocycles. The molecule has 1 N–H and O–H groups in total.